The van der Waals surface area contributed by atoms with Gasteiger partial charge < -0.3 is 15.4 Å². The van der Waals surface area contributed by atoms with Gasteiger partial charge in [0.05, 0.1) is 12.6 Å². The third-order valence-corrected chi connectivity index (χ3v) is 2.44. The predicted molar refractivity (Wildman–Crippen MR) is 47.3 cm³/mol. The van der Waals surface area contributed by atoms with E-state index in [0.29, 0.717) is 12.1 Å². The molecular weight excluding hydrogens is 154 g/mol. The minimum absolute atomic E-state index is 0.463. The maximum atomic E-state index is 5.18. The van der Waals surface area contributed by atoms with Crippen LogP contribution in [0.2, 0.25) is 0 Å². The summed E-state index contributed by atoms with van der Waals surface area (Å²) in [6.45, 7) is 1.88. The van der Waals surface area contributed by atoms with Gasteiger partial charge in [-0.25, -0.2) is 0 Å². The summed E-state index contributed by atoms with van der Waals surface area (Å²) in [5.74, 6) is 0.967. The van der Waals surface area contributed by atoms with Crippen molar-refractivity contribution in [1.29, 1.82) is 0 Å². The third-order valence-electron chi connectivity index (χ3n) is 2.44. The number of rotatable bonds is 2. The van der Waals surface area contributed by atoms with Gasteiger partial charge in [0.25, 0.3) is 0 Å². The summed E-state index contributed by atoms with van der Waals surface area (Å²) in [7, 11) is 1.77. The van der Waals surface area contributed by atoms with E-state index in [4.69, 9.17) is 4.74 Å². The molecule has 2 aliphatic rings. The fraction of sp³-hybridized carbons (Fsp3) is 0.875. The van der Waals surface area contributed by atoms with Crippen LogP contribution in [0.15, 0.2) is 4.99 Å². The van der Waals surface area contributed by atoms with Gasteiger partial charge in [-0.05, 0) is 12.8 Å². The largest absolute Gasteiger partial charge is 0.381 e. The molecule has 1 aliphatic carbocycles. The lowest BCUT2D eigenvalue weighted by Gasteiger charge is -2.35. The second-order valence-electron chi connectivity index (χ2n) is 3.33. The van der Waals surface area contributed by atoms with Crippen molar-refractivity contribution in [1.82, 2.24) is 10.6 Å². The summed E-state index contributed by atoms with van der Waals surface area (Å²) < 4.78 is 5.18. The Morgan fingerprint density at radius 3 is 3.00 bits per heavy atom. The van der Waals surface area contributed by atoms with Crippen molar-refractivity contribution in [3.8, 4) is 0 Å². The first-order valence-corrected chi connectivity index (χ1v) is 4.46. The van der Waals surface area contributed by atoms with Gasteiger partial charge in [0.15, 0.2) is 5.96 Å². The lowest BCUT2D eigenvalue weighted by molar-refractivity contribution is 0.0224. The molecule has 1 heterocycles. The summed E-state index contributed by atoms with van der Waals surface area (Å²) in [5, 5.41) is 6.53. The van der Waals surface area contributed by atoms with Crippen LogP contribution in [0.25, 0.3) is 0 Å². The Hall–Kier alpha value is -0.770. The fourth-order valence-electron chi connectivity index (χ4n) is 1.56. The van der Waals surface area contributed by atoms with Crippen molar-refractivity contribution >= 4 is 5.96 Å². The summed E-state index contributed by atoms with van der Waals surface area (Å²) in [6, 6.07) is 0.569. The van der Waals surface area contributed by atoms with Crippen molar-refractivity contribution in [2.24, 2.45) is 4.99 Å². The summed E-state index contributed by atoms with van der Waals surface area (Å²) in [5.41, 5.74) is 0. The van der Waals surface area contributed by atoms with E-state index in [0.717, 1.165) is 31.9 Å². The molecule has 1 aliphatic heterocycles. The van der Waals surface area contributed by atoms with E-state index < -0.39 is 0 Å². The van der Waals surface area contributed by atoms with E-state index >= 15 is 0 Å². The van der Waals surface area contributed by atoms with E-state index in [-0.39, 0.29) is 0 Å². The highest BCUT2D eigenvalue weighted by Gasteiger charge is 2.29. The minimum atomic E-state index is 0.463. The monoisotopic (exact) mass is 169 g/mol. The molecule has 0 aromatic rings. The molecule has 4 heteroatoms. The topological polar surface area (TPSA) is 45.6 Å². The average molecular weight is 169 g/mol. The number of nitrogens with one attached hydrogen (secondary N) is 2. The predicted octanol–water partition coefficient (Wildman–Crippen LogP) is -0.287. The van der Waals surface area contributed by atoms with Crippen LogP contribution in [0.4, 0.5) is 0 Å². The van der Waals surface area contributed by atoms with Crippen molar-refractivity contribution in [2.75, 3.05) is 20.2 Å². The van der Waals surface area contributed by atoms with Crippen molar-refractivity contribution in [2.45, 2.75) is 25.0 Å². The third kappa shape index (κ3) is 1.53. The van der Waals surface area contributed by atoms with Gasteiger partial charge in [-0.15, -0.1) is 0 Å². The maximum absolute atomic E-state index is 5.18. The van der Waals surface area contributed by atoms with E-state index in [2.05, 4.69) is 15.6 Å². The number of hydrogen-bond donors (Lipinski definition) is 2. The highest BCUT2D eigenvalue weighted by Crippen LogP contribution is 2.22. The number of methoxy groups -OCH3 is 1. The Kier molecular flexibility index (Phi) is 2.17. The second kappa shape index (κ2) is 3.31. The molecule has 0 radical (unpaired) electrons. The number of aliphatic imine (C=N–C) groups is 1. The molecule has 0 spiro atoms. The molecule has 0 bridgehead atoms. The maximum Gasteiger partial charge on any atom is 0.191 e. The highest BCUT2D eigenvalue weighted by molar-refractivity contribution is 5.81. The molecule has 0 atom stereocenters. The molecule has 68 valence electrons. The van der Waals surface area contributed by atoms with Crippen LogP contribution in [0.1, 0.15) is 12.8 Å². The molecule has 2 N–H and O–H groups in total. The van der Waals surface area contributed by atoms with Crippen LogP contribution in [-0.4, -0.2) is 38.3 Å². The average Bonchev–Trinajstić information content (AvgIpc) is 2.47. The molecular formula is C8H15N3O. The van der Waals surface area contributed by atoms with E-state index in [9.17, 15) is 0 Å². The van der Waals surface area contributed by atoms with E-state index in [1.165, 1.54) is 0 Å². The zero-order valence-corrected chi connectivity index (χ0v) is 7.34. The number of hydrogen-bond acceptors (Lipinski definition) is 4. The molecule has 0 aromatic heterocycles. The van der Waals surface area contributed by atoms with Crippen molar-refractivity contribution in [3.63, 3.8) is 0 Å². The molecule has 4 nitrogen and oxygen atoms in total. The van der Waals surface area contributed by atoms with Gasteiger partial charge in [0.2, 0.25) is 0 Å². The molecule has 1 fully saturated rings. The van der Waals surface area contributed by atoms with Gasteiger partial charge in [0.1, 0.15) is 0 Å². The Balaban J connectivity index is 1.69. The van der Waals surface area contributed by atoms with Gasteiger partial charge in [-0.1, -0.05) is 0 Å². The van der Waals surface area contributed by atoms with Crippen molar-refractivity contribution < 1.29 is 4.74 Å². The van der Waals surface area contributed by atoms with Crippen LogP contribution >= 0.6 is 0 Å². The van der Waals surface area contributed by atoms with Crippen molar-refractivity contribution in [3.05, 3.63) is 0 Å². The van der Waals surface area contributed by atoms with Gasteiger partial charge in [-0.2, -0.15) is 0 Å². The van der Waals surface area contributed by atoms with E-state index in [1.54, 1.807) is 7.11 Å². The number of nitrogens with zero attached hydrogens (tertiary/aromatic N) is 1. The van der Waals surface area contributed by atoms with Crippen LogP contribution in [-0.2, 0) is 4.74 Å². The molecule has 1 saturated carbocycles. The molecule has 2 rings (SSSR count). The lowest BCUT2D eigenvalue weighted by Crippen LogP contribution is -2.50. The number of guanidine groups is 1. The molecule has 0 saturated heterocycles. The number of ether oxygens (including phenoxy) is 1. The Morgan fingerprint density at radius 1 is 1.58 bits per heavy atom. The molecule has 0 aromatic carbocycles. The first-order chi connectivity index (χ1) is 5.88. The summed E-state index contributed by atoms with van der Waals surface area (Å²) in [4.78, 5) is 4.26. The molecule has 0 unspecified atom stereocenters. The van der Waals surface area contributed by atoms with Gasteiger partial charge in [-0.3, -0.25) is 4.99 Å². The Labute approximate surface area is 72.4 Å². The Bertz CT molecular complexity index is 187. The molecule has 0 amide bonds. The summed E-state index contributed by atoms with van der Waals surface area (Å²) >= 11 is 0. The normalized spacial score (nSPS) is 33.6. The second-order valence-corrected chi connectivity index (χ2v) is 3.33. The smallest absolute Gasteiger partial charge is 0.191 e. The summed E-state index contributed by atoms with van der Waals surface area (Å²) in [6.07, 6.45) is 2.68. The fourth-order valence-corrected chi connectivity index (χ4v) is 1.56. The van der Waals surface area contributed by atoms with Crippen LogP contribution < -0.4 is 10.6 Å². The van der Waals surface area contributed by atoms with Crippen LogP contribution in [0.5, 0.6) is 0 Å². The first-order valence-electron chi connectivity index (χ1n) is 4.46. The quantitative estimate of drug-likeness (QED) is 0.597. The van der Waals surface area contributed by atoms with Crippen LogP contribution in [0, 0.1) is 0 Å². The minimum Gasteiger partial charge on any atom is -0.381 e. The first kappa shape index (κ1) is 7.86. The zero-order valence-electron chi connectivity index (χ0n) is 7.34. The molecule has 12 heavy (non-hydrogen) atoms. The Morgan fingerprint density at radius 2 is 2.42 bits per heavy atom. The van der Waals surface area contributed by atoms with Crippen LogP contribution in [0.3, 0.4) is 0 Å². The van der Waals surface area contributed by atoms with Gasteiger partial charge in [0, 0.05) is 19.7 Å². The zero-order chi connectivity index (χ0) is 8.39. The van der Waals surface area contributed by atoms with E-state index in [1.807, 2.05) is 0 Å². The SMILES string of the molecule is COC1CC(NC2=NCCN2)C1. The standard InChI is InChI=1S/C8H15N3O/c1-12-7-4-6(5-7)11-8-9-2-3-10-8/h6-7H,2-5H2,1H3,(H2,9,10,11). The highest BCUT2D eigenvalue weighted by atomic mass is 16.5. The van der Waals surface area contributed by atoms with Gasteiger partial charge >= 0.3 is 0 Å². The lowest BCUT2D eigenvalue weighted by atomic mass is 9.89.